The van der Waals surface area contributed by atoms with E-state index in [1.54, 1.807) is 0 Å². The summed E-state index contributed by atoms with van der Waals surface area (Å²) in [5.74, 6) is -0.250. The highest BCUT2D eigenvalue weighted by Gasteiger charge is 2.40. The first kappa shape index (κ1) is 13.9. The van der Waals surface area contributed by atoms with Gasteiger partial charge in [-0.2, -0.15) is 0 Å². The Balaban J connectivity index is 2.11. The SMILES string of the molecule is CC(C)N1CCC(Nc2ccccc2)(C(N)=O)CC1. The summed E-state index contributed by atoms with van der Waals surface area (Å²) in [6.07, 6.45) is 1.52. The monoisotopic (exact) mass is 261 g/mol. The number of primary amides is 1. The molecule has 1 aromatic rings. The molecule has 3 N–H and O–H groups in total. The van der Waals surface area contributed by atoms with Crippen LogP contribution >= 0.6 is 0 Å². The fourth-order valence-corrected chi connectivity index (χ4v) is 2.65. The smallest absolute Gasteiger partial charge is 0.243 e. The van der Waals surface area contributed by atoms with E-state index in [4.69, 9.17) is 5.73 Å². The molecule has 0 bridgehead atoms. The average molecular weight is 261 g/mol. The molecule has 1 aliphatic rings. The number of nitrogens with one attached hydrogen (secondary N) is 1. The van der Waals surface area contributed by atoms with Crippen LogP contribution < -0.4 is 11.1 Å². The minimum atomic E-state index is -0.604. The molecule has 19 heavy (non-hydrogen) atoms. The second kappa shape index (κ2) is 5.61. The molecule has 0 spiro atoms. The maximum absolute atomic E-state index is 11.9. The van der Waals surface area contributed by atoms with Crippen LogP contribution in [-0.2, 0) is 4.79 Å². The van der Waals surface area contributed by atoms with Crippen molar-refractivity contribution in [3.8, 4) is 0 Å². The number of benzene rings is 1. The van der Waals surface area contributed by atoms with Crippen LogP contribution in [0.2, 0.25) is 0 Å². The number of para-hydroxylation sites is 1. The number of anilines is 1. The Morgan fingerprint density at radius 2 is 1.84 bits per heavy atom. The topological polar surface area (TPSA) is 58.4 Å². The van der Waals surface area contributed by atoms with Gasteiger partial charge in [0.15, 0.2) is 0 Å². The summed E-state index contributed by atoms with van der Waals surface area (Å²) in [5, 5.41) is 3.35. The van der Waals surface area contributed by atoms with Crippen molar-refractivity contribution in [3.63, 3.8) is 0 Å². The third-order valence-corrected chi connectivity index (χ3v) is 4.01. The number of piperidine rings is 1. The molecule has 0 saturated carbocycles. The number of carbonyl (C=O) groups excluding carboxylic acids is 1. The lowest BCUT2D eigenvalue weighted by atomic mass is 9.86. The van der Waals surface area contributed by atoms with Gasteiger partial charge in [0.05, 0.1) is 0 Å². The quantitative estimate of drug-likeness (QED) is 0.869. The van der Waals surface area contributed by atoms with Crippen LogP contribution in [-0.4, -0.2) is 35.5 Å². The Hall–Kier alpha value is -1.55. The second-order valence-corrected chi connectivity index (χ2v) is 5.57. The standard InChI is InChI=1S/C15H23N3O/c1-12(2)18-10-8-15(9-11-18,14(16)19)17-13-6-4-3-5-7-13/h3-7,12,17H,8-11H2,1-2H3,(H2,16,19). The van der Waals surface area contributed by atoms with Crippen molar-refractivity contribution in [1.29, 1.82) is 0 Å². The molecule has 2 rings (SSSR count). The molecule has 1 saturated heterocycles. The molecule has 1 fully saturated rings. The highest BCUT2D eigenvalue weighted by molar-refractivity contribution is 5.88. The third kappa shape index (κ3) is 3.07. The number of amides is 1. The van der Waals surface area contributed by atoms with Crippen LogP contribution in [0.25, 0.3) is 0 Å². The molecular formula is C15H23N3O. The van der Waals surface area contributed by atoms with E-state index in [0.717, 1.165) is 31.6 Å². The molecule has 0 aliphatic carbocycles. The maximum Gasteiger partial charge on any atom is 0.243 e. The first-order valence-corrected chi connectivity index (χ1v) is 6.91. The van der Waals surface area contributed by atoms with Gasteiger partial charge in [0.2, 0.25) is 5.91 Å². The number of likely N-dealkylation sites (tertiary alicyclic amines) is 1. The first-order valence-electron chi connectivity index (χ1n) is 6.91. The van der Waals surface area contributed by atoms with E-state index in [0.29, 0.717) is 6.04 Å². The molecule has 1 heterocycles. The fraction of sp³-hybridized carbons (Fsp3) is 0.533. The Kier molecular flexibility index (Phi) is 4.10. The summed E-state index contributed by atoms with van der Waals surface area (Å²) in [7, 11) is 0. The normalized spacial score (nSPS) is 19.3. The van der Waals surface area contributed by atoms with E-state index in [-0.39, 0.29) is 5.91 Å². The zero-order valence-corrected chi connectivity index (χ0v) is 11.7. The van der Waals surface area contributed by atoms with Crippen molar-refractivity contribution in [2.24, 2.45) is 5.73 Å². The highest BCUT2D eigenvalue weighted by Crippen LogP contribution is 2.27. The van der Waals surface area contributed by atoms with Gasteiger partial charge in [0, 0.05) is 24.8 Å². The summed E-state index contributed by atoms with van der Waals surface area (Å²) in [5.41, 5.74) is 6.00. The molecule has 1 aliphatic heterocycles. The average Bonchev–Trinajstić information content (AvgIpc) is 2.40. The van der Waals surface area contributed by atoms with Gasteiger partial charge in [-0.15, -0.1) is 0 Å². The lowest BCUT2D eigenvalue weighted by molar-refractivity contribution is -0.124. The van der Waals surface area contributed by atoms with E-state index in [1.807, 2.05) is 30.3 Å². The second-order valence-electron chi connectivity index (χ2n) is 5.57. The van der Waals surface area contributed by atoms with Crippen molar-refractivity contribution in [3.05, 3.63) is 30.3 Å². The number of hydrogen-bond donors (Lipinski definition) is 2. The van der Waals surface area contributed by atoms with Crippen LogP contribution in [0.4, 0.5) is 5.69 Å². The van der Waals surface area contributed by atoms with E-state index in [9.17, 15) is 4.79 Å². The number of nitrogens with zero attached hydrogens (tertiary/aromatic N) is 1. The van der Waals surface area contributed by atoms with E-state index in [1.165, 1.54) is 0 Å². The van der Waals surface area contributed by atoms with Gasteiger partial charge < -0.3 is 16.0 Å². The predicted octanol–water partition coefficient (Wildman–Crippen LogP) is 1.83. The lowest BCUT2D eigenvalue weighted by Crippen LogP contribution is -2.57. The van der Waals surface area contributed by atoms with Gasteiger partial charge >= 0.3 is 0 Å². The molecule has 0 radical (unpaired) electrons. The minimum Gasteiger partial charge on any atom is -0.371 e. The fourth-order valence-electron chi connectivity index (χ4n) is 2.65. The molecule has 104 valence electrons. The Bertz CT molecular complexity index is 422. The molecule has 4 nitrogen and oxygen atoms in total. The molecule has 4 heteroatoms. The Labute approximate surface area is 115 Å². The lowest BCUT2D eigenvalue weighted by Gasteiger charge is -2.42. The Morgan fingerprint density at radius 3 is 2.32 bits per heavy atom. The molecule has 1 aromatic carbocycles. The molecule has 1 amide bonds. The van der Waals surface area contributed by atoms with Crippen molar-refractivity contribution in [2.45, 2.75) is 38.3 Å². The summed E-state index contributed by atoms with van der Waals surface area (Å²) >= 11 is 0. The zero-order chi connectivity index (χ0) is 13.9. The van der Waals surface area contributed by atoms with E-state index >= 15 is 0 Å². The van der Waals surface area contributed by atoms with Crippen LogP contribution in [0.5, 0.6) is 0 Å². The third-order valence-electron chi connectivity index (χ3n) is 4.01. The van der Waals surface area contributed by atoms with Crippen molar-refractivity contribution < 1.29 is 4.79 Å². The number of rotatable bonds is 4. The molecule has 0 unspecified atom stereocenters. The van der Waals surface area contributed by atoms with Crippen molar-refractivity contribution in [1.82, 2.24) is 4.90 Å². The van der Waals surface area contributed by atoms with Gasteiger partial charge in [-0.3, -0.25) is 4.79 Å². The van der Waals surface area contributed by atoms with Gasteiger partial charge in [-0.1, -0.05) is 18.2 Å². The molecule has 0 atom stereocenters. The highest BCUT2D eigenvalue weighted by atomic mass is 16.1. The predicted molar refractivity (Wildman–Crippen MR) is 77.9 cm³/mol. The first-order chi connectivity index (χ1) is 9.03. The van der Waals surface area contributed by atoms with E-state index in [2.05, 4.69) is 24.1 Å². The molecular weight excluding hydrogens is 238 g/mol. The van der Waals surface area contributed by atoms with E-state index < -0.39 is 5.54 Å². The largest absolute Gasteiger partial charge is 0.371 e. The van der Waals surface area contributed by atoms with Crippen LogP contribution in [0.15, 0.2) is 30.3 Å². The Morgan fingerprint density at radius 1 is 1.26 bits per heavy atom. The van der Waals surface area contributed by atoms with Gasteiger partial charge in [0.1, 0.15) is 5.54 Å². The molecule has 0 aromatic heterocycles. The summed E-state index contributed by atoms with van der Waals surface area (Å²) < 4.78 is 0. The van der Waals surface area contributed by atoms with Crippen LogP contribution in [0.3, 0.4) is 0 Å². The van der Waals surface area contributed by atoms with Crippen LogP contribution in [0, 0.1) is 0 Å². The number of hydrogen-bond acceptors (Lipinski definition) is 3. The number of nitrogens with two attached hydrogens (primary N) is 1. The zero-order valence-electron chi connectivity index (χ0n) is 11.7. The van der Waals surface area contributed by atoms with Crippen molar-refractivity contribution in [2.75, 3.05) is 18.4 Å². The van der Waals surface area contributed by atoms with Gasteiger partial charge in [-0.25, -0.2) is 0 Å². The summed E-state index contributed by atoms with van der Waals surface area (Å²) in [6.45, 7) is 6.17. The van der Waals surface area contributed by atoms with Gasteiger partial charge in [0.25, 0.3) is 0 Å². The number of carbonyl (C=O) groups is 1. The van der Waals surface area contributed by atoms with Gasteiger partial charge in [-0.05, 0) is 38.8 Å². The summed E-state index contributed by atoms with van der Waals surface area (Å²) in [4.78, 5) is 14.3. The maximum atomic E-state index is 11.9. The minimum absolute atomic E-state index is 0.250. The van der Waals surface area contributed by atoms with Crippen molar-refractivity contribution >= 4 is 11.6 Å². The summed E-state index contributed by atoms with van der Waals surface area (Å²) in [6, 6.07) is 10.3. The van der Waals surface area contributed by atoms with Crippen LogP contribution in [0.1, 0.15) is 26.7 Å².